The number of aryl methyl sites for hydroxylation is 1. The molecule has 2 rings (SSSR count). The Morgan fingerprint density at radius 3 is 2.44 bits per heavy atom. The predicted octanol–water partition coefficient (Wildman–Crippen LogP) is 3.66. The number of hydrogen-bond donors (Lipinski definition) is 1. The van der Waals surface area contributed by atoms with Crippen LogP contribution in [0.1, 0.15) is 21.5 Å². The summed E-state index contributed by atoms with van der Waals surface area (Å²) in [6.45, 7) is 1.97. The smallest absolute Gasteiger partial charge is 0.167 e. The van der Waals surface area contributed by atoms with Gasteiger partial charge in [0.2, 0.25) is 0 Å². The number of rotatable bonds is 3. The lowest BCUT2D eigenvalue weighted by atomic mass is 10.0. The maximum absolute atomic E-state index is 12.1. The molecule has 0 saturated carbocycles. The van der Waals surface area contributed by atoms with E-state index in [-0.39, 0.29) is 5.78 Å². The molecule has 0 aliphatic rings. The number of ketones is 1. The van der Waals surface area contributed by atoms with Gasteiger partial charge in [0.1, 0.15) is 0 Å². The van der Waals surface area contributed by atoms with Gasteiger partial charge in [-0.15, -0.1) is 0 Å². The lowest BCUT2D eigenvalue weighted by molar-refractivity contribution is 0.0993. The monoisotopic (exact) mass is 259 g/mol. The predicted molar refractivity (Wildman–Crippen MR) is 75.1 cm³/mol. The summed E-state index contributed by atoms with van der Waals surface area (Å²) in [7, 11) is 0. The topological polar surface area (TPSA) is 43.1 Å². The minimum absolute atomic E-state index is 0.0424. The third kappa shape index (κ3) is 2.90. The summed E-state index contributed by atoms with van der Waals surface area (Å²) in [5.41, 5.74) is 8.83. The Morgan fingerprint density at radius 1 is 1.17 bits per heavy atom. The Hall–Kier alpha value is -1.80. The number of Topliss-reactive ketones (excluding diaryl/α,β-unsaturated/α-hetero) is 1. The molecule has 0 spiro atoms. The zero-order chi connectivity index (χ0) is 13.1. The Labute approximate surface area is 111 Å². The Bertz CT molecular complexity index is 576. The molecule has 3 heteroatoms. The molecule has 18 heavy (non-hydrogen) atoms. The first kappa shape index (κ1) is 12.7. The fourth-order valence-electron chi connectivity index (χ4n) is 1.74. The average Bonchev–Trinajstić information content (AvgIpc) is 2.33. The fraction of sp³-hybridized carbons (Fsp3) is 0.133. The molecule has 0 atom stereocenters. The molecular formula is C15H14ClNO. The average molecular weight is 260 g/mol. The number of halogens is 1. The van der Waals surface area contributed by atoms with E-state index in [1.54, 1.807) is 24.3 Å². The van der Waals surface area contributed by atoms with Crippen molar-refractivity contribution < 1.29 is 4.79 Å². The van der Waals surface area contributed by atoms with Crippen molar-refractivity contribution in [3.63, 3.8) is 0 Å². The quantitative estimate of drug-likeness (QED) is 0.675. The molecule has 0 radical (unpaired) electrons. The van der Waals surface area contributed by atoms with Gasteiger partial charge in [0.05, 0.1) is 0 Å². The van der Waals surface area contributed by atoms with E-state index in [4.69, 9.17) is 17.3 Å². The van der Waals surface area contributed by atoms with E-state index < -0.39 is 0 Å². The van der Waals surface area contributed by atoms with E-state index in [1.165, 1.54) is 0 Å². The number of hydrogen-bond acceptors (Lipinski definition) is 2. The summed E-state index contributed by atoms with van der Waals surface area (Å²) in [5.74, 6) is 0.0424. The van der Waals surface area contributed by atoms with Crippen LogP contribution in [0.2, 0.25) is 5.02 Å². The molecule has 2 aromatic rings. The van der Waals surface area contributed by atoms with Crippen LogP contribution in [0.5, 0.6) is 0 Å². The zero-order valence-corrected chi connectivity index (χ0v) is 10.9. The molecule has 2 aromatic carbocycles. The van der Waals surface area contributed by atoms with E-state index >= 15 is 0 Å². The van der Waals surface area contributed by atoms with Crippen LogP contribution in [0.15, 0.2) is 42.5 Å². The summed E-state index contributed by atoms with van der Waals surface area (Å²) in [5, 5.41) is 0.638. The minimum Gasteiger partial charge on any atom is -0.399 e. The van der Waals surface area contributed by atoms with Gasteiger partial charge in [-0.25, -0.2) is 0 Å². The minimum atomic E-state index is 0.0424. The van der Waals surface area contributed by atoms with Gasteiger partial charge >= 0.3 is 0 Å². The van der Waals surface area contributed by atoms with Crippen molar-refractivity contribution in [1.29, 1.82) is 0 Å². The molecular weight excluding hydrogens is 246 g/mol. The van der Waals surface area contributed by atoms with Crippen LogP contribution in [0.25, 0.3) is 0 Å². The second-order valence-electron chi connectivity index (χ2n) is 4.32. The van der Waals surface area contributed by atoms with Crippen LogP contribution in [0, 0.1) is 6.92 Å². The molecule has 2 N–H and O–H groups in total. The van der Waals surface area contributed by atoms with E-state index in [0.717, 1.165) is 11.1 Å². The molecule has 0 heterocycles. The van der Waals surface area contributed by atoms with Crippen LogP contribution >= 0.6 is 11.6 Å². The van der Waals surface area contributed by atoms with Crippen molar-refractivity contribution in [3.05, 3.63) is 64.2 Å². The number of anilines is 1. The summed E-state index contributed by atoms with van der Waals surface area (Å²) in [6.07, 6.45) is 0.309. The second kappa shape index (κ2) is 5.23. The Morgan fingerprint density at radius 2 is 1.83 bits per heavy atom. The molecule has 92 valence electrons. The molecule has 0 bridgehead atoms. The van der Waals surface area contributed by atoms with Crippen molar-refractivity contribution in [2.45, 2.75) is 13.3 Å². The normalized spacial score (nSPS) is 10.3. The van der Waals surface area contributed by atoms with Gasteiger partial charge in [-0.1, -0.05) is 23.7 Å². The number of carbonyl (C=O) groups excluding carboxylic acids is 1. The SMILES string of the molecule is Cc1ccc(CC(=O)c2ccc(N)cc2)c(Cl)c1. The molecule has 0 aromatic heterocycles. The molecule has 0 unspecified atom stereocenters. The molecule has 0 aliphatic heterocycles. The van der Waals surface area contributed by atoms with Gasteiger partial charge in [0.15, 0.2) is 5.78 Å². The highest BCUT2D eigenvalue weighted by atomic mass is 35.5. The molecule has 0 fully saturated rings. The standard InChI is InChI=1S/C15H14ClNO/c1-10-2-3-12(14(16)8-10)9-15(18)11-4-6-13(17)7-5-11/h2-8H,9,17H2,1H3. The van der Waals surface area contributed by atoms with Gasteiger partial charge in [-0.3, -0.25) is 4.79 Å². The van der Waals surface area contributed by atoms with E-state index in [1.807, 2.05) is 25.1 Å². The van der Waals surface area contributed by atoms with Crippen molar-refractivity contribution in [2.75, 3.05) is 5.73 Å². The second-order valence-corrected chi connectivity index (χ2v) is 4.72. The maximum Gasteiger partial charge on any atom is 0.167 e. The molecule has 0 saturated heterocycles. The first-order valence-electron chi connectivity index (χ1n) is 5.70. The molecule has 2 nitrogen and oxygen atoms in total. The summed E-state index contributed by atoms with van der Waals surface area (Å²) in [6, 6.07) is 12.6. The number of carbonyl (C=O) groups is 1. The highest BCUT2D eigenvalue weighted by Crippen LogP contribution is 2.19. The Balaban J connectivity index is 2.18. The first-order chi connectivity index (χ1) is 8.56. The zero-order valence-electron chi connectivity index (χ0n) is 10.1. The highest BCUT2D eigenvalue weighted by molar-refractivity contribution is 6.31. The van der Waals surface area contributed by atoms with Crippen LogP contribution in [0.4, 0.5) is 5.69 Å². The van der Waals surface area contributed by atoms with Crippen molar-refractivity contribution in [3.8, 4) is 0 Å². The van der Waals surface area contributed by atoms with Crippen molar-refractivity contribution >= 4 is 23.1 Å². The first-order valence-corrected chi connectivity index (χ1v) is 6.08. The van der Waals surface area contributed by atoms with Crippen LogP contribution in [0.3, 0.4) is 0 Å². The summed E-state index contributed by atoms with van der Waals surface area (Å²) < 4.78 is 0. The fourth-order valence-corrected chi connectivity index (χ4v) is 2.04. The van der Waals surface area contributed by atoms with E-state index in [2.05, 4.69) is 0 Å². The largest absolute Gasteiger partial charge is 0.399 e. The highest BCUT2D eigenvalue weighted by Gasteiger charge is 2.09. The van der Waals surface area contributed by atoms with Crippen LogP contribution < -0.4 is 5.73 Å². The molecule has 0 aliphatic carbocycles. The van der Waals surface area contributed by atoms with Gasteiger partial charge in [0, 0.05) is 22.7 Å². The summed E-state index contributed by atoms with van der Waals surface area (Å²) in [4.78, 5) is 12.1. The lowest BCUT2D eigenvalue weighted by Gasteiger charge is -2.05. The Kier molecular flexibility index (Phi) is 3.68. The number of nitrogens with two attached hydrogens (primary N) is 1. The van der Waals surface area contributed by atoms with Crippen LogP contribution in [-0.2, 0) is 6.42 Å². The van der Waals surface area contributed by atoms with Crippen molar-refractivity contribution in [2.24, 2.45) is 0 Å². The number of benzene rings is 2. The van der Waals surface area contributed by atoms with Crippen LogP contribution in [-0.4, -0.2) is 5.78 Å². The maximum atomic E-state index is 12.1. The number of nitrogen functional groups attached to an aromatic ring is 1. The van der Waals surface area contributed by atoms with Gasteiger partial charge < -0.3 is 5.73 Å². The molecule has 0 amide bonds. The van der Waals surface area contributed by atoms with Crippen molar-refractivity contribution in [1.82, 2.24) is 0 Å². The van der Waals surface area contributed by atoms with Gasteiger partial charge in [0.25, 0.3) is 0 Å². The lowest BCUT2D eigenvalue weighted by Crippen LogP contribution is -2.04. The van der Waals surface area contributed by atoms with Gasteiger partial charge in [-0.05, 0) is 48.4 Å². The van der Waals surface area contributed by atoms with E-state index in [9.17, 15) is 4.79 Å². The summed E-state index contributed by atoms with van der Waals surface area (Å²) >= 11 is 6.11. The third-order valence-electron chi connectivity index (χ3n) is 2.79. The third-order valence-corrected chi connectivity index (χ3v) is 3.14. The van der Waals surface area contributed by atoms with E-state index in [0.29, 0.717) is 22.7 Å². The van der Waals surface area contributed by atoms with Gasteiger partial charge in [-0.2, -0.15) is 0 Å².